The van der Waals surface area contributed by atoms with Crippen LogP contribution in [0.5, 0.6) is 0 Å². The van der Waals surface area contributed by atoms with E-state index in [4.69, 9.17) is 9.39 Å². The van der Waals surface area contributed by atoms with Gasteiger partial charge < -0.3 is 10.2 Å². The second-order valence-corrected chi connectivity index (χ2v) is 7.44. The van der Waals surface area contributed by atoms with Gasteiger partial charge in [-0.1, -0.05) is 6.42 Å². The molecule has 0 radical (unpaired) electrons. The predicted molar refractivity (Wildman–Crippen MR) is 83.1 cm³/mol. The van der Waals surface area contributed by atoms with Gasteiger partial charge in [0.2, 0.25) is 0 Å². The molecule has 3 aliphatic heterocycles. The SMILES string of the molecule is O=C(NOCC1CCCCN1)[C@@H]1CCC2CN1C(=O)N2OS(=O)(=O)O. The number of hydrogen-bond acceptors (Lipinski definition) is 7. The van der Waals surface area contributed by atoms with Gasteiger partial charge in [-0.3, -0.25) is 14.2 Å². The van der Waals surface area contributed by atoms with Gasteiger partial charge in [-0.15, -0.1) is 4.28 Å². The van der Waals surface area contributed by atoms with Crippen molar-refractivity contribution < 1.29 is 31.7 Å². The smallest absolute Gasteiger partial charge is 0.312 e. The van der Waals surface area contributed by atoms with Crippen LogP contribution in [-0.2, 0) is 24.3 Å². The van der Waals surface area contributed by atoms with Crippen molar-refractivity contribution in [3.8, 4) is 0 Å². The van der Waals surface area contributed by atoms with Crippen LogP contribution in [0, 0.1) is 0 Å². The predicted octanol–water partition coefficient (Wildman–Crippen LogP) is -0.821. The van der Waals surface area contributed by atoms with Gasteiger partial charge in [0.1, 0.15) is 6.04 Å². The van der Waals surface area contributed by atoms with Gasteiger partial charge in [-0.2, -0.15) is 13.5 Å². The van der Waals surface area contributed by atoms with E-state index in [2.05, 4.69) is 15.1 Å². The van der Waals surface area contributed by atoms with Crippen molar-refractivity contribution in [1.82, 2.24) is 20.8 Å². The van der Waals surface area contributed by atoms with E-state index < -0.39 is 34.4 Å². The summed E-state index contributed by atoms with van der Waals surface area (Å²) in [5, 5.41) is 3.90. The fourth-order valence-electron chi connectivity index (χ4n) is 3.45. The molecule has 3 heterocycles. The maximum absolute atomic E-state index is 12.3. The minimum Gasteiger partial charge on any atom is -0.312 e. The van der Waals surface area contributed by atoms with E-state index in [0.717, 1.165) is 25.8 Å². The van der Waals surface area contributed by atoms with E-state index in [9.17, 15) is 18.0 Å². The van der Waals surface area contributed by atoms with Crippen LogP contribution in [0.15, 0.2) is 0 Å². The second-order valence-electron chi connectivity index (χ2n) is 6.43. The van der Waals surface area contributed by atoms with Crippen molar-refractivity contribution in [2.24, 2.45) is 0 Å². The minimum atomic E-state index is -4.80. The molecule has 3 rings (SSSR count). The summed E-state index contributed by atoms with van der Waals surface area (Å²) in [5.74, 6) is -0.462. The summed E-state index contributed by atoms with van der Waals surface area (Å²) < 4.78 is 34.8. The lowest BCUT2D eigenvalue weighted by molar-refractivity contribution is -0.139. The largest absolute Gasteiger partial charge is 0.418 e. The molecule has 0 aromatic carbocycles. The van der Waals surface area contributed by atoms with Gasteiger partial charge in [-0.25, -0.2) is 10.3 Å². The quantitative estimate of drug-likeness (QED) is 0.403. The van der Waals surface area contributed by atoms with Crippen molar-refractivity contribution in [3.05, 3.63) is 0 Å². The van der Waals surface area contributed by atoms with Gasteiger partial charge in [0, 0.05) is 12.6 Å². The Morgan fingerprint density at radius 2 is 2.12 bits per heavy atom. The Morgan fingerprint density at radius 3 is 2.80 bits per heavy atom. The zero-order valence-electron chi connectivity index (χ0n) is 13.6. The number of fused-ring (bicyclic) bond motifs is 2. The van der Waals surface area contributed by atoms with E-state index in [1.54, 1.807) is 0 Å². The van der Waals surface area contributed by atoms with Crippen LogP contribution >= 0.6 is 0 Å². The summed E-state index contributed by atoms with van der Waals surface area (Å²) in [4.78, 5) is 31.0. The molecule has 142 valence electrons. The van der Waals surface area contributed by atoms with E-state index in [1.807, 2.05) is 0 Å². The first kappa shape index (κ1) is 18.3. The summed E-state index contributed by atoms with van der Waals surface area (Å²) in [6.07, 6.45) is 3.95. The Kier molecular flexibility index (Phi) is 5.43. The van der Waals surface area contributed by atoms with Crippen molar-refractivity contribution in [1.29, 1.82) is 0 Å². The number of nitrogens with zero attached hydrogens (tertiary/aromatic N) is 2. The normalized spacial score (nSPS) is 29.8. The Hall–Kier alpha value is -1.47. The summed E-state index contributed by atoms with van der Waals surface area (Å²) in [7, 11) is -4.80. The number of piperidine rings is 2. The highest BCUT2D eigenvalue weighted by atomic mass is 32.3. The van der Waals surface area contributed by atoms with E-state index in [1.165, 1.54) is 4.90 Å². The topological polar surface area (TPSA) is 138 Å². The number of carbonyl (C=O) groups is 2. The zero-order chi connectivity index (χ0) is 18.0. The highest BCUT2D eigenvalue weighted by molar-refractivity contribution is 7.80. The van der Waals surface area contributed by atoms with Crippen LogP contribution < -0.4 is 10.8 Å². The average Bonchev–Trinajstić information content (AvgIpc) is 2.79. The van der Waals surface area contributed by atoms with Gasteiger partial charge in [0.05, 0.1) is 12.6 Å². The Balaban J connectivity index is 1.51. The van der Waals surface area contributed by atoms with Gasteiger partial charge in [0.15, 0.2) is 0 Å². The average molecular weight is 378 g/mol. The molecule has 0 aromatic heterocycles. The van der Waals surface area contributed by atoms with Gasteiger partial charge >= 0.3 is 16.4 Å². The van der Waals surface area contributed by atoms with Crippen molar-refractivity contribution in [2.45, 2.75) is 50.2 Å². The lowest BCUT2D eigenvalue weighted by Crippen LogP contribution is -2.50. The second kappa shape index (κ2) is 7.41. The van der Waals surface area contributed by atoms with Crippen molar-refractivity contribution in [2.75, 3.05) is 19.7 Å². The molecule has 3 aliphatic rings. The molecular formula is C13H22N4O7S. The molecule has 0 saturated carbocycles. The Labute approximate surface area is 145 Å². The summed E-state index contributed by atoms with van der Waals surface area (Å²) >= 11 is 0. The monoisotopic (exact) mass is 378 g/mol. The van der Waals surface area contributed by atoms with Crippen LogP contribution in [-0.4, -0.2) is 72.7 Å². The summed E-state index contributed by atoms with van der Waals surface area (Å²) in [5.41, 5.74) is 2.37. The molecule has 0 aliphatic carbocycles. The van der Waals surface area contributed by atoms with Gasteiger partial charge in [0.25, 0.3) is 5.91 Å². The molecule has 3 fully saturated rings. The number of nitrogens with one attached hydrogen (secondary N) is 2. The number of rotatable bonds is 6. The molecule has 12 heteroatoms. The number of carbonyl (C=O) groups excluding carboxylic acids is 2. The molecule has 3 atom stereocenters. The van der Waals surface area contributed by atoms with Gasteiger partial charge in [-0.05, 0) is 32.2 Å². The van der Waals surface area contributed by atoms with Crippen LogP contribution in [0.1, 0.15) is 32.1 Å². The summed E-state index contributed by atoms with van der Waals surface area (Å²) in [6, 6.07) is -1.87. The molecule has 3 saturated heterocycles. The standard InChI is InChI=1S/C13H22N4O7S/c18-12(15-23-8-9-3-1-2-6-14-9)11-5-4-10-7-16(11)13(19)17(10)24-25(20,21)22/h9-11,14H,1-8H2,(H,15,18)(H,20,21,22)/t9?,10?,11-/m0/s1. The first-order valence-corrected chi connectivity index (χ1v) is 9.63. The molecule has 3 N–H and O–H groups in total. The molecule has 0 spiro atoms. The minimum absolute atomic E-state index is 0.149. The third-order valence-electron chi connectivity index (χ3n) is 4.67. The fraction of sp³-hybridized carbons (Fsp3) is 0.846. The highest BCUT2D eigenvalue weighted by Gasteiger charge is 2.49. The Morgan fingerprint density at radius 1 is 1.32 bits per heavy atom. The maximum Gasteiger partial charge on any atom is 0.418 e. The molecular weight excluding hydrogens is 356 g/mol. The van der Waals surface area contributed by atoms with Crippen molar-refractivity contribution >= 4 is 22.3 Å². The fourth-order valence-corrected chi connectivity index (χ4v) is 3.84. The maximum atomic E-state index is 12.3. The number of hydrogen-bond donors (Lipinski definition) is 3. The molecule has 3 amide bonds. The molecule has 11 nitrogen and oxygen atoms in total. The lowest BCUT2D eigenvalue weighted by atomic mass is 10.0. The van der Waals surface area contributed by atoms with E-state index in [0.29, 0.717) is 24.5 Å². The first-order valence-electron chi connectivity index (χ1n) is 8.27. The Bertz CT molecular complexity index is 622. The van der Waals surface area contributed by atoms with Crippen LogP contribution in [0.3, 0.4) is 0 Å². The van der Waals surface area contributed by atoms with Crippen LogP contribution in [0.4, 0.5) is 4.79 Å². The molecule has 2 unspecified atom stereocenters. The highest BCUT2D eigenvalue weighted by Crippen LogP contribution is 2.30. The van der Waals surface area contributed by atoms with E-state index >= 15 is 0 Å². The third kappa shape index (κ3) is 4.39. The first-order chi connectivity index (χ1) is 11.8. The molecule has 2 bridgehead atoms. The number of urea groups is 1. The number of amides is 3. The van der Waals surface area contributed by atoms with Crippen LogP contribution in [0.2, 0.25) is 0 Å². The zero-order valence-corrected chi connectivity index (χ0v) is 14.4. The number of hydroxylamine groups is 3. The van der Waals surface area contributed by atoms with Crippen LogP contribution in [0.25, 0.3) is 0 Å². The summed E-state index contributed by atoms with van der Waals surface area (Å²) in [6.45, 7) is 1.42. The lowest BCUT2D eigenvalue weighted by Gasteiger charge is -2.29. The molecule has 0 aromatic rings. The molecule has 25 heavy (non-hydrogen) atoms. The van der Waals surface area contributed by atoms with Crippen molar-refractivity contribution in [3.63, 3.8) is 0 Å². The third-order valence-corrected chi connectivity index (χ3v) is 5.02. The van der Waals surface area contributed by atoms with E-state index in [-0.39, 0.29) is 12.6 Å².